The highest BCUT2D eigenvalue weighted by Gasteiger charge is 2.27. The van der Waals surface area contributed by atoms with E-state index in [1.54, 1.807) is 0 Å². The zero-order chi connectivity index (χ0) is 29.7. The summed E-state index contributed by atoms with van der Waals surface area (Å²) in [6, 6.07) is 0. The topological polar surface area (TPSA) is 199 Å². The summed E-state index contributed by atoms with van der Waals surface area (Å²) in [5, 5.41) is 76.5. The Morgan fingerprint density at radius 2 is 0.711 bits per heavy atom. The van der Waals surface area contributed by atoms with Crippen molar-refractivity contribution in [2.24, 2.45) is 16.7 Å². The zero-order valence-electron chi connectivity index (χ0n) is 24.1. The summed E-state index contributed by atoms with van der Waals surface area (Å²) in [4.78, 5) is 10.3. The Morgan fingerprint density at radius 3 is 0.895 bits per heavy atom. The molecule has 38 heavy (non-hydrogen) atoms. The van der Waals surface area contributed by atoms with Crippen LogP contribution in [0, 0.1) is 16.7 Å². The molecular weight excluding hydrogens is 496 g/mol. The molecule has 0 aromatic rings. The molecule has 0 aliphatic heterocycles. The van der Waals surface area contributed by atoms with Gasteiger partial charge in [-0.2, -0.15) is 0 Å². The predicted octanol–water partition coefficient (Wildman–Crippen LogP) is 2.07. The van der Waals surface area contributed by atoms with Crippen LogP contribution in [0.5, 0.6) is 0 Å². The fourth-order valence-corrected chi connectivity index (χ4v) is 3.20. The lowest BCUT2D eigenvalue weighted by atomic mass is 9.93. The standard InChI is InChI=1S/C18H36O2.2C5H12O4/c1-17(2)15-13-11-9-7-5-3-4-6-8-10-12-14-16-18(19)20;2*6-1-5(2-7,3-8)4-9/h17H,3-16H2,1-2H3,(H,19,20);2*6-9H,1-4H2. The number of carboxylic acids is 1. The van der Waals surface area contributed by atoms with Crippen LogP contribution in [0.2, 0.25) is 0 Å². The fourth-order valence-electron chi connectivity index (χ4n) is 3.20. The maximum Gasteiger partial charge on any atom is 0.303 e. The van der Waals surface area contributed by atoms with Gasteiger partial charge in [0.15, 0.2) is 0 Å². The summed E-state index contributed by atoms with van der Waals surface area (Å²) in [5.41, 5.74) is -2.22. The van der Waals surface area contributed by atoms with Crippen LogP contribution in [-0.2, 0) is 4.79 Å². The minimum atomic E-state index is -1.11. The molecule has 0 amide bonds. The highest BCUT2D eigenvalue weighted by Crippen LogP contribution is 2.15. The smallest absolute Gasteiger partial charge is 0.303 e. The molecule has 0 heterocycles. The molecule has 0 saturated heterocycles. The third kappa shape index (κ3) is 25.4. The molecule has 0 fully saturated rings. The van der Waals surface area contributed by atoms with Gasteiger partial charge in [0, 0.05) is 6.42 Å². The van der Waals surface area contributed by atoms with E-state index in [0.29, 0.717) is 6.42 Å². The van der Waals surface area contributed by atoms with Crippen LogP contribution in [0.3, 0.4) is 0 Å². The summed E-state index contributed by atoms with van der Waals surface area (Å²) in [5.74, 6) is 0.212. The van der Waals surface area contributed by atoms with Crippen molar-refractivity contribution in [1.82, 2.24) is 0 Å². The van der Waals surface area contributed by atoms with Crippen molar-refractivity contribution >= 4 is 5.97 Å². The van der Waals surface area contributed by atoms with Crippen LogP contribution in [0.4, 0.5) is 0 Å². The molecule has 0 saturated carbocycles. The number of carboxylic acid groups (broad SMARTS) is 1. The molecule has 0 spiro atoms. The van der Waals surface area contributed by atoms with E-state index in [4.69, 9.17) is 46.0 Å². The van der Waals surface area contributed by atoms with Gasteiger partial charge in [-0.3, -0.25) is 4.79 Å². The first-order chi connectivity index (χ1) is 18.1. The number of unbranched alkanes of at least 4 members (excludes halogenated alkanes) is 11. The first kappa shape index (κ1) is 41.6. The van der Waals surface area contributed by atoms with Gasteiger partial charge in [-0.05, 0) is 12.3 Å². The van der Waals surface area contributed by atoms with Gasteiger partial charge in [-0.15, -0.1) is 0 Å². The van der Waals surface area contributed by atoms with Gasteiger partial charge in [0.25, 0.3) is 0 Å². The Hall–Kier alpha value is -0.850. The van der Waals surface area contributed by atoms with Gasteiger partial charge in [0.1, 0.15) is 0 Å². The van der Waals surface area contributed by atoms with Crippen molar-refractivity contribution < 1.29 is 50.8 Å². The Kier molecular flexibility index (Phi) is 31.9. The van der Waals surface area contributed by atoms with Crippen molar-refractivity contribution in [3.63, 3.8) is 0 Å². The number of aliphatic carboxylic acids is 1. The Morgan fingerprint density at radius 1 is 0.474 bits per heavy atom. The third-order valence-corrected chi connectivity index (χ3v) is 6.61. The second-order valence-corrected chi connectivity index (χ2v) is 10.8. The van der Waals surface area contributed by atoms with Crippen molar-refractivity contribution in [1.29, 1.82) is 0 Å². The van der Waals surface area contributed by atoms with Crippen LogP contribution in [-0.4, -0.2) is 105 Å². The van der Waals surface area contributed by atoms with Crippen LogP contribution in [0.1, 0.15) is 104 Å². The molecule has 0 atom stereocenters. The molecule has 0 unspecified atom stereocenters. The molecule has 232 valence electrons. The number of rotatable bonds is 23. The quantitative estimate of drug-likeness (QED) is 0.0839. The first-order valence-corrected chi connectivity index (χ1v) is 14.2. The van der Waals surface area contributed by atoms with Crippen molar-refractivity contribution in [3.05, 3.63) is 0 Å². The van der Waals surface area contributed by atoms with Crippen LogP contribution < -0.4 is 0 Å². The highest BCUT2D eigenvalue weighted by atomic mass is 16.4. The van der Waals surface area contributed by atoms with Gasteiger partial charge in [-0.1, -0.05) is 90.9 Å². The minimum absolute atomic E-state index is 0.344. The molecule has 0 radical (unpaired) electrons. The molecule has 0 aliphatic rings. The largest absolute Gasteiger partial charge is 0.481 e. The van der Waals surface area contributed by atoms with E-state index in [1.165, 1.54) is 70.6 Å². The fraction of sp³-hybridized carbons (Fsp3) is 0.964. The van der Waals surface area contributed by atoms with E-state index in [0.717, 1.165) is 18.8 Å². The predicted molar refractivity (Wildman–Crippen MR) is 149 cm³/mol. The molecule has 0 aliphatic carbocycles. The molecule has 10 nitrogen and oxygen atoms in total. The number of hydrogen-bond acceptors (Lipinski definition) is 9. The molecule has 0 aromatic carbocycles. The van der Waals surface area contributed by atoms with Gasteiger partial charge >= 0.3 is 5.97 Å². The van der Waals surface area contributed by atoms with E-state index in [2.05, 4.69) is 13.8 Å². The summed E-state index contributed by atoms with van der Waals surface area (Å²) >= 11 is 0. The SMILES string of the molecule is CC(C)CCCCCCCCCCCCCCC(=O)O.OCC(CO)(CO)CO.OCC(CO)(CO)CO. The Labute approximate surface area is 230 Å². The second-order valence-electron chi connectivity index (χ2n) is 10.8. The zero-order valence-corrected chi connectivity index (χ0v) is 24.1. The van der Waals surface area contributed by atoms with Gasteiger partial charge in [-0.25, -0.2) is 0 Å². The molecule has 10 heteroatoms. The summed E-state index contributed by atoms with van der Waals surface area (Å²) < 4.78 is 0. The summed E-state index contributed by atoms with van der Waals surface area (Å²) in [7, 11) is 0. The first-order valence-electron chi connectivity index (χ1n) is 14.2. The van der Waals surface area contributed by atoms with E-state index in [9.17, 15) is 4.79 Å². The van der Waals surface area contributed by atoms with Crippen LogP contribution >= 0.6 is 0 Å². The monoisotopic (exact) mass is 556 g/mol. The number of aliphatic hydroxyl groups is 8. The summed E-state index contributed by atoms with van der Waals surface area (Å²) in [6.07, 6.45) is 17.3. The number of aliphatic hydroxyl groups excluding tert-OH is 8. The van der Waals surface area contributed by atoms with Gasteiger partial charge in [0.05, 0.1) is 63.7 Å². The number of hydrogen-bond donors (Lipinski definition) is 9. The average molecular weight is 557 g/mol. The lowest BCUT2D eigenvalue weighted by molar-refractivity contribution is -0.137. The summed E-state index contributed by atoms with van der Waals surface area (Å²) in [6.45, 7) is 1.36. The lowest BCUT2D eigenvalue weighted by Crippen LogP contribution is -2.37. The second kappa shape index (κ2) is 29.1. The number of carbonyl (C=O) groups is 1. The van der Waals surface area contributed by atoms with Crippen LogP contribution in [0.25, 0.3) is 0 Å². The maximum absolute atomic E-state index is 10.3. The molecule has 0 bridgehead atoms. The normalized spacial score (nSPS) is 11.6. The minimum Gasteiger partial charge on any atom is -0.481 e. The van der Waals surface area contributed by atoms with Gasteiger partial charge < -0.3 is 46.0 Å². The molecule has 9 N–H and O–H groups in total. The van der Waals surface area contributed by atoms with Crippen molar-refractivity contribution in [2.75, 3.05) is 52.9 Å². The third-order valence-electron chi connectivity index (χ3n) is 6.61. The van der Waals surface area contributed by atoms with Crippen molar-refractivity contribution in [3.8, 4) is 0 Å². The van der Waals surface area contributed by atoms with E-state index in [-0.39, 0.29) is 0 Å². The van der Waals surface area contributed by atoms with Gasteiger partial charge in [0.2, 0.25) is 0 Å². The van der Waals surface area contributed by atoms with Crippen LogP contribution in [0.15, 0.2) is 0 Å². The molecular formula is C28H60O10. The lowest BCUT2D eigenvalue weighted by Gasteiger charge is -2.23. The van der Waals surface area contributed by atoms with Crippen molar-refractivity contribution in [2.45, 2.75) is 104 Å². The van der Waals surface area contributed by atoms with E-state index < -0.39 is 69.7 Å². The Bertz CT molecular complexity index is 425. The highest BCUT2D eigenvalue weighted by molar-refractivity contribution is 5.66. The average Bonchev–Trinajstić information content (AvgIpc) is 2.92. The maximum atomic E-state index is 10.3. The molecule has 0 rings (SSSR count). The Balaban J connectivity index is -0.000000563. The van der Waals surface area contributed by atoms with E-state index in [1.807, 2.05) is 0 Å². The van der Waals surface area contributed by atoms with E-state index >= 15 is 0 Å². The molecule has 0 aromatic heterocycles.